The molecule has 1 aromatic rings. The lowest BCUT2D eigenvalue weighted by Crippen LogP contribution is -2.05. The summed E-state index contributed by atoms with van der Waals surface area (Å²) >= 11 is 0. The third kappa shape index (κ3) is 3.05. The first-order valence-corrected chi connectivity index (χ1v) is 3.71. The van der Waals surface area contributed by atoms with Crippen LogP contribution in [-0.4, -0.2) is 12.5 Å². The second-order valence-corrected chi connectivity index (χ2v) is 2.33. The third-order valence-electron chi connectivity index (χ3n) is 1.34. The molecule has 0 atom stereocenters. The molecule has 0 heterocycles. The summed E-state index contributed by atoms with van der Waals surface area (Å²) in [4.78, 5) is 10.2. The first kappa shape index (κ1) is 8.59. The summed E-state index contributed by atoms with van der Waals surface area (Å²) in [5.74, 6) is 0.143. The molecule has 0 fully saturated rings. The zero-order chi connectivity index (χ0) is 8.81. The van der Waals surface area contributed by atoms with E-state index in [1.165, 1.54) is 0 Å². The van der Waals surface area contributed by atoms with Crippen LogP contribution in [-0.2, 0) is 4.79 Å². The van der Waals surface area contributed by atoms with Crippen LogP contribution in [0.1, 0.15) is 6.42 Å². The van der Waals surface area contributed by atoms with Crippen molar-refractivity contribution in [2.24, 2.45) is 0 Å². The monoisotopic (exact) mass is 164 g/mol. The van der Waals surface area contributed by atoms with Crippen molar-refractivity contribution in [2.45, 2.75) is 6.42 Å². The molecule has 3 heteroatoms. The van der Waals surface area contributed by atoms with Gasteiger partial charge in [0.15, 0.2) is 0 Å². The zero-order valence-electron chi connectivity index (χ0n) is 6.62. The fourth-order valence-electron chi connectivity index (χ4n) is 0.778. The van der Waals surface area contributed by atoms with Gasteiger partial charge in [0.05, 0.1) is 13.0 Å². The Balaban J connectivity index is 2.29. The minimum absolute atomic E-state index is 0.148. The summed E-state index contributed by atoms with van der Waals surface area (Å²) in [6, 6.07) is 9.24. The Morgan fingerprint density at radius 2 is 2.00 bits per heavy atom. The molecular formula is C9H10NO2. The average Bonchev–Trinajstić information content (AvgIpc) is 2.05. The van der Waals surface area contributed by atoms with Crippen molar-refractivity contribution in [1.29, 1.82) is 0 Å². The minimum atomic E-state index is -0.592. The van der Waals surface area contributed by atoms with E-state index in [1.807, 2.05) is 30.3 Å². The molecule has 0 unspecified atom stereocenters. The van der Waals surface area contributed by atoms with Crippen LogP contribution in [0.3, 0.4) is 0 Å². The van der Waals surface area contributed by atoms with E-state index in [0.29, 0.717) is 0 Å². The highest BCUT2D eigenvalue weighted by atomic mass is 16.5. The number of ether oxygens (including phenoxy) is 1. The number of amides is 1. The number of carbonyl (C=O) groups is 1. The van der Waals surface area contributed by atoms with Crippen LogP contribution in [0.15, 0.2) is 30.3 Å². The highest BCUT2D eigenvalue weighted by Crippen LogP contribution is 2.07. The summed E-state index contributed by atoms with van der Waals surface area (Å²) in [7, 11) is 0. The molecule has 1 radical (unpaired) electrons. The Morgan fingerprint density at radius 1 is 1.33 bits per heavy atom. The second kappa shape index (κ2) is 4.38. The van der Waals surface area contributed by atoms with Crippen molar-refractivity contribution < 1.29 is 9.53 Å². The molecule has 0 saturated heterocycles. The standard InChI is InChI=1S/C9H10NO2/c10-9(11)6-7-12-8-4-2-1-3-5-8/h1-5,10H,6-7H2. The Kier molecular flexibility index (Phi) is 3.14. The number of hydrogen-bond donors (Lipinski definition) is 0. The van der Waals surface area contributed by atoms with Crippen molar-refractivity contribution in [2.75, 3.05) is 6.61 Å². The van der Waals surface area contributed by atoms with Crippen LogP contribution >= 0.6 is 0 Å². The first-order valence-electron chi connectivity index (χ1n) is 3.71. The van der Waals surface area contributed by atoms with E-state index < -0.39 is 5.91 Å². The molecule has 0 aromatic heterocycles. The molecule has 1 rings (SSSR count). The van der Waals surface area contributed by atoms with Crippen LogP contribution in [0.4, 0.5) is 0 Å². The summed E-state index contributed by atoms with van der Waals surface area (Å²) in [5, 5.41) is 0. The lowest BCUT2D eigenvalue weighted by atomic mass is 10.3. The zero-order valence-corrected chi connectivity index (χ0v) is 6.62. The third-order valence-corrected chi connectivity index (χ3v) is 1.34. The molecule has 3 nitrogen and oxygen atoms in total. The quantitative estimate of drug-likeness (QED) is 0.672. The van der Waals surface area contributed by atoms with Crippen molar-refractivity contribution >= 4 is 5.91 Å². The second-order valence-electron chi connectivity index (χ2n) is 2.33. The van der Waals surface area contributed by atoms with E-state index >= 15 is 0 Å². The number of carbonyl (C=O) groups excluding carboxylic acids is 1. The van der Waals surface area contributed by atoms with Gasteiger partial charge in [-0.25, -0.2) is 0 Å². The molecule has 1 aromatic carbocycles. The van der Waals surface area contributed by atoms with Crippen LogP contribution in [0.2, 0.25) is 0 Å². The van der Waals surface area contributed by atoms with Gasteiger partial charge in [-0.15, -0.1) is 0 Å². The topological polar surface area (TPSA) is 50.1 Å². The fourth-order valence-corrected chi connectivity index (χ4v) is 0.778. The normalized spacial score (nSPS) is 9.33. The highest BCUT2D eigenvalue weighted by molar-refractivity contribution is 5.72. The van der Waals surface area contributed by atoms with E-state index in [1.54, 1.807) is 0 Å². The van der Waals surface area contributed by atoms with Gasteiger partial charge >= 0.3 is 0 Å². The van der Waals surface area contributed by atoms with Gasteiger partial charge in [-0.3, -0.25) is 10.5 Å². The van der Waals surface area contributed by atoms with Gasteiger partial charge < -0.3 is 4.74 Å². The largest absolute Gasteiger partial charge is 0.493 e. The SMILES string of the molecule is [NH]C(=O)CCOc1ccccc1. The van der Waals surface area contributed by atoms with Crippen molar-refractivity contribution in [3.05, 3.63) is 30.3 Å². The van der Waals surface area contributed by atoms with Crippen LogP contribution < -0.4 is 10.5 Å². The molecule has 1 amide bonds. The molecule has 1 N–H and O–H groups in total. The first-order chi connectivity index (χ1) is 5.79. The van der Waals surface area contributed by atoms with Crippen molar-refractivity contribution in [3.8, 4) is 5.75 Å². The molecule has 12 heavy (non-hydrogen) atoms. The summed E-state index contributed by atoms with van der Waals surface area (Å²) in [6.45, 7) is 0.284. The Morgan fingerprint density at radius 3 is 2.58 bits per heavy atom. The lowest BCUT2D eigenvalue weighted by molar-refractivity contribution is -0.119. The molecule has 0 saturated carbocycles. The van der Waals surface area contributed by atoms with E-state index in [2.05, 4.69) is 0 Å². The number of para-hydroxylation sites is 1. The van der Waals surface area contributed by atoms with Crippen LogP contribution in [0, 0.1) is 0 Å². The van der Waals surface area contributed by atoms with E-state index in [-0.39, 0.29) is 13.0 Å². The number of hydrogen-bond acceptors (Lipinski definition) is 2. The maximum atomic E-state index is 10.2. The fraction of sp³-hybridized carbons (Fsp3) is 0.222. The molecular weight excluding hydrogens is 154 g/mol. The molecule has 0 aliphatic carbocycles. The Hall–Kier alpha value is -1.51. The van der Waals surface area contributed by atoms with Gasteiger partial charge in [-0.2, -0.15) is 0 Å². The van der Waals surface area contributed by atoms with Gasteiger partial charge in [0.2, 0.25) is 5.91 Å². The van der Waals surface area contributed by atoms with Crippen molar-refractivity contribution in [1.82, 2.24) is 5.73 Å². The molecule has 0 aliphatic rings. The summed E-state index contributed by atoms with van der Waals surface area (Å²) < 4.78 is 5.18. The molecule has 0 spiro atoms. The predicted molar refractivity (Wildman–Crippen MR) is 44.7 cm³/mol. The van der Waals surface area contributed by atoms with Gasteiger partial charge in [0.1, 0.15) is 5.75 Å². The van der Waals surface area contributed by atoms with Gasteiger partial charge in [-0.05, 0) is 12.1 Å². The summed E-state index contributed by atoms with van der Waals surface area (Å²) in [6.07, 6.45) is 0.148. The van der Waals surface area contributed by atoms with Crippen LogP contribution in [0.5, 0.6) is 5.75 Å². The highest BCUT2D eigenvalue weighted by Gasteiger charge is 1.95. The predicted octanol–water partition coefficient (Wildman–Crippen LogP) is 1.26. The average molecular weight is 164 g/mol. The van der Waals surface area contributed by atoms with Crippen molar-refractivity contribution in [3.63, 3.8) is 0 Å². The van der Waals surface area contributed by atoms with Gasteiger partial charge in [0.25, 0.3) is 0 Å². The van der Waals surface area contributed by atoms with Crippen LogP contribution in [0.25, 0.3) is 0 Å². The maximum Gasteiger partial charge on any atom is 0.241 e. The molecule has 0 bridgehead atoms. The van der Waals surface area contributed by atoms with Gasteiger partial charge in [-0.1, -0.05) is 18.2 Å². The Bertz CT molecular complexity index is 246. The molecule has 0 aliphatic heterocycles. The number of benzene rings is 1. The number of nitrogens with one attached hydrogen (secondary N) is 1. The summed E-state index contributed by atoms with van der Waals surface area (Å²) in [5.41, 5.74) is 6.62. The van der Waals surface area contributed by atoms with E-state index in [4.69, 9.17) is 10.5 Å². The molecule has 63 valence electrons. The maximum absolute atomic E-state index is 10.2. The van der Waals surface area contributed by atoms with E-state index in [0.717, 1.165) is 5.75 Å². The number of rotatable bonds is 4. The smallest absolute Gasteiger partial charge is 0.241 e. The Labute approximate surface area is 71.1 Å². The minimum Gasteiger partial charge on any atom is -0.493 e. The van der Waals surface area contributed by atoms with Gasteiger partial charge in [0, 0.05) is 0 Å². The lowest BCUT2D eigenvalue weighted by Gasteiger charge is -2.02. The van der Waals surface area contributed by atoms with E-state index in [9.17, 15) is 4.79 Å².